The quantitative estimate of drug-likeness (QED) is 0.344. The Morgan fingerprint density at radius 3 is 2.64 bits per heavy atom. The fraction of sp³-hybridized carbons (Fsp3) is 0.375. The van der Waals surface area contributed by atoms with Gasteiger partial charge in [-0.15, -0.1) is 0 Å². The second kappa shape index (κ2) is 7.68. The van der Waals surface area contributed by atoms with Crippen LogP contribution in [0, 0.1) is 0 Å². The monoisotopic (exact) mass is 325 g/mol. The maximum Gasteiger partial charge on any atom is 1.00 e. The molecule has 2 heterocycles. The van der Waals surface area contributed by atoms with Crippen LogP contribution in [0.15, 0.2) is 41.6 Å². The summed E-state index contributed by atoms with van der Waals surface area (Å²) in [6.45, 7) is 0. The molecule has 1 saturated heterocycles. The van der Waals surface area contributed by atoms with Crippen molar-refractivity contribution in [2.24, 2.45) is 0 Å². The fourth-order valence-electron chi connectivity index (χ4n) is 2.90. The summed E-state index contributed by atoms with van der Waals surface area (Å²) < 4.78 is 0. The SMILES string of the molecule is O=C([O-])C1=C(CSCCc2ccccc2)CC2CC(=O)N12.[Na+]. The first-order chi connectivity index (χ1) is 10.2. The zero-order chi connectivity index (χ0) is 14.8. The maximum atomic E-state index is 11.5. The number of carboxylic acids is 1. The minimum absolute atomic E-state index is 0. The Bertz CT molecular complexity index is 603. The van der Waals surface area contributed by atoms with Gasteiger partial charge in [-0.05, 0) is 29.7 Å². The molecule has 0 N–H and O–H groups in total. The average Bonchev–Trinajstić information content (AvgIpc) is 2.77. The maximum absolute atomic E-state index is 11.5. The van der Waals surface area contributed by atoms with Gasteiger partial charge >= 0.3 is 29.6 Å². The summed E-state index contributed by atoms with van der Waals surface area (Å²) in [7, 11) is 0. The molecule has 0 bridgehead atoms. The third-order valence-corrected chi connectivity index (χ3v) is 4.99. The molecule has 1 atom stereocenters. The van der Waals surface area contributed by atoms with Crippen molar-refractivity contribution >= 4 is 23.6 Å². The van der Waals surface area contributed by atoms with Gasteiger partial charge in [0.15, 0.2) is 0 Å². The van der Waals surface area contributed by atoms with Gasteiger partial charge in [0.05, 0.1) is 11.7 Å². The smallest absolute Gasteiger partial charge is 0.543 e. The Hall–Kier alpha value is -0.750. The molecule has 1 fully saturated rings. The number of carbonyl (C=O) groups is 2. The number of aliphatic carboxylic acids is 1. The van der Waals surface area contributed by atoms with E-state index in [1.165, 1.54) is 10.5 Å². The number of carboxylic acid groups (broad SMARTS) is 1. The number of thioether (sulfide) groups is 1. The summed E-state index contributed by atoms with van der Waals surface area (Å²) in [4.78, 5) is 24.1. The van der Waals surface area contributed by atoms with Crippen LogP contribution in [0.3, 0.4) is 0 Å². The second-order valence-electron chi connectivity index (χ2n) is 5.35. The van der Waals surface area contributed by atoms with Crippen LogP contribution >= 0.6 is 11.8 Å². The summed E-state index contributed by atoms with van der Waals surface area (Å²) in [5, 5.41) is 11.2. The van der Waals surface area contributed by atoms with Crippen molar-refractivity contribution < 1.29 is 44.3 Å². The van der Waals surface area contributed by atoms with Gasteiger partial charge in [-0.2, -0.15) is 11.8 Å². The summed E-state index contributed by atoms with van der Waals surface area (Å²) in [5.41, 5.74) is 2.26. The first-order valence-corrected chi connectivity index (χ1v) is 8.19. The number of rotatable bonds is 6. The van der Waals surface area contributed by atoms with Crippen LogP contribution in [0.5, 0.6) is 0 Å². The molecule has 6 heteroatoms. The van der Waals surface area contributed by atoms with Crippen molar-refractivity contribution in [1.82, 2.24) is 4.90 Å². The molecular weight excluding hydrogens is 309 g/mol. The number of amides is 1. The van der Waals surface area contributed by atoms with E-state index in [1.54, 1.807) is 11.8 Å². The summed E-state index contributed by atoms with van der Waals surface area (Å²) in [6.07, 6.45) is 2.12. The van der Waals surface area contributed by atoms with Gasteiger partial charge < -0.3 is 14.8 Å². The number of β-lactam (4-membered cyclic amide) rings is 1. The normalized spacial score (nSPS) is 19.5. The van der Waals surface area contributed by atoms with E-state index >= 15 is 0 Å². The molecule has 0 spiro atoms. The van der Waals surface area contributed by atoms with E-state index < -0.39 is 5.97 Å². The number of nitrogens with zero attached hydrogens (tertiary/aromatic N) is 1. The van der Waals surface area contributed by atoms with E-state index in [4.69, 9.17) is 0 Å². The number of fused-ring (bicyclic) bond motifs is 1. The van der Waals surface area contributed by atoms with Gasteiger partial charge in [0.1, 0.15) is 0 Å². The third kappa shape index (κ3) is 3.59. The Labute approximate surface area is 156 Å². The fourth-order valence-corrected chi connectivity index (χ4v) is 3.93. The Morgan fingerprint density at radius 1 is 1.27 bits per heavy atom. The number of carbonyl (C=O) groups excluding carboxylic acids is 2. The number of aryl methyl sites for hydroxylation is 1. The molecule has 0 saturated carbocycles. The van der Waals surface area contributed by atoms with Gasteiger partial charge in [0.25, 0.3) is 0 Å². The number of benzene rings is 1. The van der Waals surface area contributed by atoms with Crippen LogP contribution in [-0.2, 0) is 16.0 Å². The van der Waals surface area contributed by atoms with Crippen LogP contribution in [0.4, 0.5) is 0 Å². The number of hydrogen-bond donors (Lipinski definition) is 0. The predicted molar refractivity (Wildman–Crippen MR) is 79.4 cm³/mol. The van der Waals surface area contributed by atoms with E-state index in [0.717, 1.165) is 17.7 Å². The second-order valence-corrected chi connectivity index (χ2v) is 6.46. The molecular formula is C16H16NNaO3S. The van der Waals surface area contributed by atoms with Crippen molar-refractivity contribution in [3.63, 3.8) is 0 Å². The van der Waals surface area contributed by atoms with Crippen LogP contribution in [0.25, 0.3) is 0 Å². The minimum atomic E-state index is -1.22. The van der Waals surface area contributed by atoms with Crippen LogP contribution in [-0.4, -0.2) is 34.3 Å². The molecule has 2 aliphatic heterocycles. The van der Waals surface area contributed by atoms with Crippen molar-refractivity contribution in [2.45, 2.75) is 25.3 Å². The number of hydrogen-bond acceptors (Lipinski definition) is 4. The van der Waals surface area contributed by atoms with E-state index in [0.29, 0.717) is 18.6 Å². The summed E-state index contributed by atoms with van der Waals surface area (Å²) in [6, 6.07) is 10.3. The molecule has 0 radical (unpaired) electrons. The van der Waals surface area contributed by atoms with Gasteiger partial charge in [-0.3, -0.25) is 4.79 Å². The van der Waals surface area contributed by atoms with Gasteiger partial charge in [-0.1, -0.05) is 30.3 Å². The minimum Gasteiger partial charge on any atom is -0.543 e. The van der Waals surface area contributed by atoms with Crippen LogP contribution < -0.4 is 34.7 Å². The predicted octanol–water partition coefficient (Wildman–Crippen LogP) is -2.03. The molecule has 22 heavy (non-hydrogen) atoms. The van der Waals surface area contributed by atoms with E-state index in [1.807, 2.05) is 18.2 Å². The first kappa shape index (κ1) is 17.6. The molecule has 1 aromatic carbocycles. The molecule has 1 amide bonds. The van der Waals surface area contributed by atoms with Crippen molar-refractivity contribution in [3.05, 3.63) is 47.2 Å². The van der Waals surface area contributed by atoms with Crippen molar-refractivity contribution in [2.75, 3.05) is 11.5 Å². The van der Waals surface area contributed by atoms with E-state index in [9.17, 15) is 14.7 Å². The summed E-state index contributed by atoms with van der Waals surface area (Å²) in [5.74, 6) is 0.288. The molecule has 1 unspecified atom stereocenters. The van der Waals surface area contributed by atoms with Crippen LogP contribution in [0.2, 0.25) is 0 Å². The zero-order valence-corrected chi connectivity index (χ0v) is 15.4. The standard InChI is InChI=1S/C16H17NO3S.Na/c18-14-9-13-8-12(15(16(19)20)17(13)14)10-21-7-6-11-4-2-1-3-5-11;/h1-5,13H,6-10H2,(H,19,20);/q;+1/p-1. The Balaban J connectivity index is 0.00000176. The van der Waals surface area contributed by atoms with Crippen molar-refractivity contribution in [3.8, 4) is 0 Å². The molecule has 3 rings (SSSR count). The van der Waals surface area contributed by atoms with Gasteiger partial charge in [-0.25, -0.2) is 0 Å². The molecule has 110 valence electrons. The molecule has 2 aliphatic rings. The van der Waals surface area contributed by atoms with E-state index in [-0.39, 0.29) is 47.2 Å². The topological polar surface area (TPSA) is 60.4 Å². The molecule has 1 aromatic rings. The van der Waals surface area contributed by atoms with Crippen LogP contribution in [0.1, 0.15) is 18.4 Å². The molecule has 4 nitrogen and oxygen atoms in total. The first-order valence-electron chi connectivity index (χ1n) is 7.04. The zero-order valence-electron chi connectivity index (χ0n) is 12.6. The molecule has 0 aromatic heterocycles. The average molecular weight is 325 g/mol. The molecule has 0 aliphatic carbocycles. The van der Waals surface area contributed by atoms with Gasteiger partial charge in [0.2, 0.25) is 5.91 Å². The van der Waals surface area contributed by atoms with E-state index in [2.05, 4.69) is 12.1 Å². The van der Waals surface area contributed by atoms with Crippen molar-refractivity contribution in [1.29, 1.82) is 0 Å². The Morgan fingerprint density at radius 2 is 2.00 bits per heavy atom. The third-order valence-electron chi connectivity index (χ3n) is 3.95. The Kier molecular flexibility index (Phi) is 6.15. The largest absolute Gasteiger partial charge is 1.00 e. The summed E-state index contributed by atoms with van der Waals surface area (Å²) >= 11 is 1.71. The van der Waals surface area contributed by atoms with Gasteiger partial charge in [0, 0.05) is 18.2 Å².